The van der Waals surface area contributed by atoms with E-state index in [1.165, 1.54) is 17.1 Å². The standard InChI is InChI=1S/C9H6Br2N2S/c1-5-2-6(4-7(10)3-5)8-12-9(11)13-14-8/h2-4H,1H3. The van der Waals surface area contributed by atoms with Crippen LogP contribution in [-0.4, -0.2) is 9.36 Å². The van der Waals surface area contributed by atoms with Crippen molar-refractivity contribution in [3.05, 3.63) is 33.0 Å². The van der Waals surface area contributed by atoms with Crippen LogP contribution in [0.2, 0.25) is 0 Å². The van der Waals surface area contributed by atoms with Crippen molar-refractivity contribution in [2.45, 2.75) is 6.92 Å². The number of aromatic nitrogens is 2. The van der Waals surface area contributed by atoms with Crippen LogP contribution in [0.3, 0.4) is 0 Å². The van der Waals surface area contributed by atoms with Gasteiger partial charge < -0.3 is 0 Å². The van der Waals surface area contributed by atoms with E-state index in [9.17, 15) is 0 Å². The number of halogens is 2. The molecule has 0 spiro atoms. The summed E-state index contributed by atoms with van der Waals surface area (Å²) in [5.41, 5.74) is 2.31. The molecule has 14 heavy (non-hydrogen) atoms. The summed E-state index contributed by atoms with van der Waals surface area (Å²) in [5, 5.41) is 0.932. The molecule has 0 aliphatic rings. The topological polar surface area (TPSA) is 25.8 Å². The van der Waals surface area contributed by atoms with Crippen molar-refractivity contribution in [3.8, 4) is 10.6 Å². The number of hydrogen-bond donors (Lipinski definition) is 0. The monoisotopic (exact) mass is 332 g/mol. The maximum absolute atomic E-state index is 4.27. The summed E-state index contributed by atoms with van der Waals surface area (Å²) < 4.78 is 5.80. The van der Waals surface area contributed by atoms with Gasteiger partial charge in [-0.3, -0.25) is 0 Å². The Bertz CT molecular complexity index is 447. The van der Waals surface area contributed by atoms with Gasteiger partial charge in [0.15, 0.2) is 0 Å². The van der Waals surface area contributed by atoms with Crippen LogP contribution in [0.25, 0.3) is 10.6 Å². The third-order valence-electron chi connectivity index (χ3n) is 1.69. The minimum atomic E-state index is 0.648. The van der Waals surface area contributed by atoms with Gasteiger partial charge in [-0.15, -0.1) is 0 Å². The van der Waals surface area contributed by atoms with Gasteiger partial charge in [-0.2, -0.15) is 4.37 Å². The van der Waals surface area contributed by atoms with Gasteiger partial charge in [-0.25, -0.2) is 4.98 Å². The van der Waals surface area contributed by atoms with Gasteiger partial charge in [0.25, 0.3) is 0 Å². The Labute approximate surface area is 103 Å². The molecule has 72 valence electrons. The first-order valence-electron chi connectivity index (χ1n) is 3.92. The van der Waals surface area contributed by atoms with E-state index in [1.807, 2.05) is 6.07 Å². The van der Waals surface area contributed by atoms with Crippen LogP contribution in [0.1, 0.15) is 5.56 Å². The Morgan fingerprint density at radius 1 is 1.21 bits per heavy atom. The van der Waals surface area contributed by atoms with E-state index in [0.717, 1.165) is 15.0 Å². The van der Waals surface area contributed by atoms with Gasteiger partial charge in [0, 0.05) is 10.0 Å². The predicted molar refractivity (Wildman–Crippen MR) is 65.5 cm³/mol. The normalized spacial score (nSPS) is 10.5. The Morgan fingerprint density at radius 2 is 2.00 bits per heavy atom. The van der Waals surface area contributed by atoms with E-state index in [4.69, 9.17) is 0 Å². The number of rotatable bonds is 1. The van der Waals surface area contributed by atoms with Crippen LogP contribution in [0.4, 0.5) is 0 Å². The van der Waals surface area contributed by atoms with Gasteiger partial charge in [0.05, 0.1) is 0 Å². The fourth-order valence-electron chi connectivity index (χ4n) is 1.18. The van der Waals surface area contributed by atoms with E-state index in [1.54, 1.807) is 0 Å². The van der Waals surface area contributed by atoms with E-state index in [2.05, 4.69) is 60.3 Å². The number of hydrogen-bond acceptors (Lipinski definition) is 3. The highest BCUT2D eigenvalue weighted by atomic mass is 79.9. The third kappa shape index (κ3) is 2.21. The van der Waals surface area contributed by atoms with Gasteiger partial charge >= 0.3 is 0 Å². The Hall–Kier alpha value is -0.260. The first-order valence-corrected chi connectivity index (χ1v) is 6.28. The molecule has 1 aromatic heterocycles. The predicted octanol–water partition coefficient (Wildman–Crippen LogP) is 4.04. The minimum absolute atomic E-state index is 0.648. The molecule has 0 saturated heterocycles. The summed E-state index contributed by atoms with van der Waals surface area (Å²) in [7, 11) is 0. The lowest BCUT2D eigenvalue weighted by atomic mass is 10.1. The van der Waals surface area contributed by atoms with Crippen LogP contribution < -0.4 is 0 Å². The van der Waals surface area contributed by atoms with Gasteiger partial charge in [0.2, 0.25) is 4.73 Å². The smallest absolute Gasteiger partial charge is 0.209 e. The largest absolute Gasteiger partial charge is 0.209 e. The van der Waals surface area contributed by atoms with Gasteiger partial charge in [-0.05, 0) is 58.1 Å². The summed E-state index contributed by atoms with van der Waals surface area (Å²) >= 11 is 8.10. The molecule has 2 rings (SSSR count). The molecular weight excluding hydrogens is 328 g/mol. The summed E-state index contributed by atoms with van der Waals surface area (Å²) in [5.74, 6) is 0. The fraction of sp³-hybridized carbons (Fsp3) is 0.111. The first kappa shape index (κ1) is 10.3. The van der Waals surface area contributed by atoms with Crippen LogP contribution in [0.5, 0.6) is 0 Å². The highest BCUT2D eigenvalue weighted by molar-refractivity contribution is 9.10. The number of aryl methyl sites for hydroxylation is 1. The Balaban J connectivity index is 2.51. The number of benzene rings is 1. The molecule has 2 nitrogen and oxygen atoms in total. The van der Waals surface area contributed by atoms with Crippen LogP contribution in [0, 0.1) is 6.92 Å². The average Bonchev–Trinajstić information content (AvgIpc) is 2.50. The van der Waals surface area contributed by atoms with Crippen molar-refractivity contribution in [1.29, 1.82) is 0 Å². The van der Waals surface area contributed by atoms with E-state index in [-0.39, 0.29) is 0 Å². The molecule has 1 aromatic carbocycles. The van der Waals surface area contributed by atoms with Crippen molar-refractivity contribution < 1.29 is 0 Å². The summed E-state index contributed by atoms with van der Waals surface area (Å²) in [6.07, 6.45) is 0. The lowest BCUT2D eigenvalue weighted by molar-refractivity contribution is 1.26. The van der Waals surface area contributed by atoms with Gasteiger partial charge in [0.1, 0.15) is 5.01 Å². The zero-order valence-corrected chi connectivity index (χ0v) is 11.3. The molecule has 0 unspecified atom stereocenters. The van der Waals surface area contributed by atoms with Crippen LogP contribution >= 0.6 is 43.4 Å². The maximum Gasteiger partial charge on any atom is 0.209 e. The summed E-state index contributed by atoms with van der Waals surface area (Å²) in [4.78, 5) is 4.27. The van der Waals surface area contributed by atoms with Crippen molar-refractivity contribution in [1.82, 2.24) is 9.36 Å². The minimum Gasteiger partial charge on any atom is -0.209 e. The maximum atomic E-state index is 4.27. The molecule has 5 heteroatoms. The summed E-state index contributed by atoms with van der Waals surface area (Å²) in [6.45, 7) is 2.06. The van der Waals surface area contributed by atoms with Crippen molar-refractivity contribution in [2.24, 2.45) is 0 Å². The van der Waals surface area contributed by atoms with E-state index < -0.39 is 0 Å². The zero-order valence-electron chi connectivity index (χ0n) is 7.29. The third-order valence-corrected chi connectivity index (χ3v) is 3.50. The van der Waals surface area contributed by atoms with Crippen LogP contribution in [-0.2, 0) is 0 Å². The van der Waals surface area contributed by atoms with Crippen molar-refractivity contribution in [3.63, 3.8) is 0 Å². The number of nitrogens with zero attached hydrogens (tertiary/aromatic N) is 2. The van der Waals surface area contributed by atoms with Crippen molar-refractivity contribution in [2.75, 3.05) is 0 Å². The molecule has 0 fully saturated rings. The summed E-state index contributed by atoms with van der Waals surface area (Å²) in [6, 6.07) is 6.21. The van der Waals surface area contributed by atoms with E-state index in [0.29, 0.717) is 4.73 Å². The Morgan fingerprint density at radius 3 is 2.57 bits per heavy atom. The second-order valence-electron chi connectivity index (χ2n) is 2.89. The molecule has 0 saturated carbocycles. The second kappa shape index (κ2) is 4.08. The molecule has 0 amide bonds. The molecule has 0 aliphatic heterocycles. The molecule has 0 bridgehead atoms. The molecule has 2 aromatic rings. The lowest BCUT2D eigenvalue weighted by Crippen LogP contribution is -1.79. The SMILES string of the molecule is Cc1cc(Br)cc(-c2nc(Br)ns2)c1. The molecule has 1 heterocycles. The first-order chi connectivity index (χ1) is 6.65. The molecule has 0 radical (unpaired) electrons. The molecule has 0 N–H and O–H groups in total. The molecule has 0 aliphatic carbocycles. The highest BCUT2D eigenvalue weighted by Gasteiger charge is 2.05. The fourth-order valence-corrected chi connectivity index (χ4v) is 2.86. The molecular formula is C9H6Br2N2S. The molecule has 0 atom stereocenters. The van der Waals surface area contributed by atoms with Gasteiger partial charge in [-0.1, -0.05) is 15.9 Å². The second-order valence-corrected chi connectivity index (χ2v) is 5.26. The lowest BCUT2D eigenvalue weighted by Gasteiger charge is -1.99. The van der Waals surface area contributed by atoms with Crippen LogP contribution in [0.15, 0.2) is 27.4 Å². The van der Waals surface area contributed by atoms with E-state index >= 15 is 0 Å². The van der Waals surface area contributed by atoms with Crippen molar-refractivity contribution >= 4 is 43.4 Å². The average molecular weight is 334 g/mol. The quantitative estimate of drug-likeness (QED) is 0.787. The Kier molecular flexibility index (Phi) is 2.99. The highest BCUT2D eigenvalue weighted by Crippen LogP contribution is 2.27. The zero-order chi connectivity index (χ0) is 10.1.